The van der Waals surface area contributed by atoms with Crippen LogP contribution >= 0.6 is 0 Å². The fraction of sp³-hybridized carbons (Fsp3) is 0.448. The molecule has 0 amide bonds. The van der Waals surface area contributed by atoms with Crippen LogP contribution in [0.2, 0.25) is 0 Å². The van der Waals surface area contributed by atoms with Gasteiger partial charge in [-0.2, -0.15) is 18.3 Å². The first kappa shape index (κ1) is 33.4. The number of hydrogen-bond donors (Lipinski definition) is 1. The van der Waals surface area contributed by atoms with Crippen molar-refractivity contribution in [1.82, 2.24) is 15.4 Å². The molecule has 9 heteroatoms. The Balaban J connectivity index is 0.000000401. The summed E-state index contributed by atoms with van der Waals surface area (Å²) in [4.78, 5) is 11.7. The molecule has 5 nitrogen and oxygen atoms in total. The van der Waals surface area contributed by atoms with E-state index in [1.165, 1.54) is 12.1 Å². The third-order valence-electron chi connectivity index (χ3n) is 6.37. The molecule has 3 aromatic rings. The maximum Gasteiger partial charge on any atom is 0.418 e. The second-order valence-electron chi connectivity index (χ2n) is 9.09. The van der Waals surface area contributed by atoms with Crippen molar-refractivity contribution >= 4 is 16.7 Å². The summed E-state index contributed by atoms with van der Waals surface area (Å²) in [7, 11) is 0. The summed E-state index contributed by atoms with van der Waals surface area (Å²) in [5.41, 5.74) is 1.80. The van der Waals surface area contributed by atoms with E-state index in [1.807, 2.05) is 53.7 Å². The van der Waals surface area contributed by atoms with E-state index in [2.05, 4.69) is 21.5 Å². The van der Waals surface area contributed by atoms with E-state index in [4.69, 9.17) is 0 Å². The van der Waals surface area contributed by atoms with E-state index in [0.717, 1.165) is 42.9 Å². The number of alkyl halides is 3. The number of aromatic nitrogens is 3. The number of benzene rings is 2. The second-order valence-corrected chi connectivity index (χ2v) is 9.09. The molecule has 0 saturated carbocycles. The third-order valence-corrected chi connectivity index (χ3v) is 6.37. The van der Waals surface area contributed by atoms with Crippen LogP contribution in [0.25, 0.3) is 22.2 Å². The minimum Gasteiger partial charge on any atom is -0.512 e. The Morgan fingerprint density at radius 1 is 1.00 bits per heavy atom. The van der Waals surface area contributed by atoms with Gasteiger partial charge >= 0.3 is 6.18 Å². The number of ketones is 1. The zero-order valence-corrected chi connectivity index (χ0v) is 25.0. The van der Waals surface area contributed by atoms with Gasteiger partial charge in [-0.3, -0.25) is 4.79 Å². The normalized spacial score (nSPS) is 11.8. The predicted octanol–water partition coefficient (Wildman–Crippen LogP) is 7.99. The van der Waals surface area contributed by atoms with E-state index in [0.29, 0.717) is 16.6 Å². The van der Waals surface area contributed by atoms with Gasteiger partial charge in [0.2, 0.25) is 0 Å². The van der Waals surface area contributed by atoms with Crippen molar-refractivity contribution in [3.05, 3.63) is 64.9 Å². The molecular weight excluding hydrogens is 672 g/mol. The van der Waals surface area contributed by atoms with Crippen molar-refractivity contribution in [3.63, 3.8) is 0 Å². The Morgan fingerprint density at radius 2 is 1.61 bits per heavy atom. The van der Waals surface area contributed by atoms with Crippen LogP contribution in [0.5, 0.6) is 0 Å². The van der Waals surface area contributed by atoms with E-state index in [9.17, 15) is 23.1 Å². The Hall–Kier alpha value is -2.64. The number of carbonyl (C=O) groups excluding carboxylic acids is 1. The molecule has 0 atom stereocenters. The molecule has 1 heterocycles. The van der Waals surface area contributed by atoms with Crippen LogP contribution in [0.3, 0.4) is 0 Å². The molecule has 2 aromatic carbocycles. The molecule has 1 radical (unpaired) electrons. The fourth-order valence-electron chi connectivity index (χ4n) is 4.24. The predicted molar refractivity (Wildman–Crippen MR) is 140 cm³/mol. The Morgan fingerprint density at radius 3 is 2.13 bits per heavy atom. The molecule has 1 aromatic heterocycles. The Bertz CT molecular complexity index is 1220. The minimum atomic E-state index is -4.49. The number of aryl methyl sites for hydroxylation is 2. The minimum absolute atomic E-state index is 0. The van der Waals surface area contributed by atoms with Crippen LogP contribution in [0.15, 0.2) is 42.2 Å². The monoisotopic (exact) mass is 707 g/mol. The molecule has 0 aliphatic rings. The van der Waals surface area contributed by atoms with Crippen LogP contribution in [0, 0.1) is 31.7 Å². The number of nitrogens with zero attached hydrogens (tertiary/aromatic N) is 3. The van der Waals surface area contributed by atoms with E-state index in [1.54, 1.807) is 6.07 Å². The van der Waals surface area contributed by atoms with E-state index < -0.39 is 11.7 Å². The largest absolute Gasteiger partial charge is 0.512 e. The Kier molecular flexibility index (Phi) is 13.2. The fourth-order valence-corrected chi connectivity index (χ4v) is 4.24. The maximum atomic E-state index is 13.1. The van der Waals surface area contributed by atoms with Gasteiger partial charge in [0.15, 0.2) is 5.78 Å². The van der Waals surface area contributed by atoms with Crippen molar-refractivity contribution in [2.45, 2.75) is 73.4 Å². The quantitative estimate of drug-likeness (QED) is 0.146. The van der Waals surface area contributed by atoms with Crippen molar-refractivity contribution in [3.8, 4) is 11.3 Å². The van der Waals surface area contributed by atoms with Crippen LogP contribution in [0.4, 0.5) is 13.2 Å². The van der Waals surface area contributed by atoms with Crippen LogP contribution in [-0.4, -0.2) is 26.3 Å². The molecule has 0 bridgehead atoms. The van der Waals surface area contributed by atoms with Crippen molar-refractivity contribution in [2.75, 3.05) is 0 Å². The summed E-state index contributed by atoms with van der Waals surface area (Å²) >= 11 is 0. The standard InChI is InChI=1S/C16H11F3N3.C13H24O2.Ir/c1-9-6-10(2)8-11(7-9)14-12-4-3-5-13(16(17,18)19)15(12)21-22-20-14;1-5-10(6-2)12(14)9-13(15)11(7-3)8-4;/h3-7H,1-2H3;9-11,14H,5-8H2,1-4H3;/q-1;;/b;12-9-;. The third kappa shape index (κ3) is 8.70. The first-order valence-corrected chi connectivity index (χ1v) is 12.6. The van der Waals surface area contributed by atoms with Gasteiger partial charge in [-0.1, -0.05) is 58.9 Å². The molecule has 0 fully saturated rings. The van der Waals surface area contributed by atoms with Gasteiger partial charge in [0.25, 0.3) is 0 Å². The summed E-state index contributed by atoms with van der Waals surface area (Å²) < 4.78 is 39.3. The number of fused-ring (bicyclic) bond motifs is 1. The molecule has 0 aliphatic carbocycles. The summed E-state index contributed by atoms with van der Waals surface area (Å²) in [6, 6.07) is 10.8. The zero-order chi connectivity index (χ0) is 27.8. The first-order valence-electron chi connectivity index (χ1n) is 12.6. The Labute approximate surface area is 236 Å². The van der Waals surface area contributed by atoms with Gasteiger partial charge in [0, 0.05) is 43.7 Å². The maximum absolute atomic E-state index is 13.1. The molecule has 209 valence electrons. The molecule has 38 heavy (non-hydrogen) atoms. The number of halogens is 3. The summed E-state index contributed by atoms with van der Waals surface area (Å²) in [5.74, 6) is 0.547. The first-order chi connectivity index (χ1) is 17.5. The molecule has 0 saturated heterocycles. The molecule has 1 N–H and O–H groups in total. The number of rotatable bonds is 8. The SMILES string of the molecule is CCC(CC)C(=O)/C=C(\O)C(CC)CC.Cc1[c-]c(-c2nnnc3c(C(F)(F)F)cccc23)cc(C)c1.[Ir]. The molecule has 3 rings (SSSR count). The number of aliphatic hydroxyl groups is 1. The average molecular weight is 707 g/mol. The number of aliphatic hydroxyl groups excluding tert-OH is 1. The van der Waals surface area contributed by atoms with Gasteiger partial charge in [0.1, 0.15) is 0 Å². The van der Waals surface area contributed by atoms with Crippen LogP contribution < -0.4 is 0 Å². The number of allylic oxidation sites excluding steroid dienone is 2. The van der Waals surface area contributed by atoms with Gasteiger partial charge in [0.05, 0.1) is 16.8 Å². The summed E-state index contributed by atoms with van der Waals surface area (Å²) in [6.07, 6.45) is 0.419. The topological polar surface area (TPSA) is 76.0 Å². The zero-order valence-electron chi connectivity index (χ0n) is 22.6. The van der Waals surface area contributed by atoms with Crippen molar-refractivity contribution in [2.24, 2.45) is 11.8 Å². The van der Waals surface area contributed by atoms with E-state index >= 15 is 0 Å². The summed E-state index contributed by atoms with van der Waals surface area (Å²) in [6.45, 7) is 11.8. The molecule has 0 spiro atoms. The van der Waals surface area contributed by atoms with Crippen LogP contribution in [0.1, 0.15) is 70.1 Å². The van der Waals surface area contributed by atoms with Crippen LogP contribution in [-0.2, 0) is 31.1 Å². The number of hydrogen-bond acceptors (Lipinski definition) is 5. The van der Waals surface area contributed by atoms with Crippen molar-refractivity contribution in [1.29, 1.82) is 0 Å². The average Bonchev–Trinajstić information content (AvgIpc) is 2.84. The smallest absolute Gasteiger partial charge is 0.418 e. The van der Waals surface area contributed by atoms with E-state index in [-0.39, 0.29) is 49.0 Å². The van der Waals surface area contributed by atoms with Gasteiger partial charge in [-0.15, -0.1) is 40.0 Å². The number of carbonyl (C=O) groups is 1. The van der Waals surface area contributed by atoms with Gasteiger partial charge < -0.3 is 5.11 Å². The van der Waals surface area contributed by atoms with Gasteiger partial charge in [-0.05, 0) is 37.1 Å². The second kappa shape index (κ2) is 15.1. The molecule has 0 aliphatic heterocycles. The van der Waals surface area contributed by atoms with Gasteiger partial charge in [-0.25, -0.2) is 0 Å². The molecule has 0 unspecified atom stereocenters. The summed E-state index contributed by atoms with van der Waals surface area (Å²) in [5, 5.41) is 21.1. The van der Waals surface area contributed by atoms with Crippen molar-refractivity contribution < 1.29 is 43.2 Å². The molecular formula is C29H35F3IrN3O2-.